The van der Waals surface area contributed by atoms with Crippen LogP contribution in [0.4, 0.5) is 5.69 Å². The van der Waals surface area contributed by atoms with Gasteiger partial charge in [0, 0.05) is 24.7 Å². The molecule has 1 heterocycles. The van der Waals surface area contributed by atoms with Crippen molar-refractivity contribution in [3.8, 4) is 5.75 Å². The van der Waals surface area contributed by atoms with Crippen molar-refractivity contribution in [2.45, 2.75) is 13.0 Å². The van der Waals surface area contributed by atoms with Crippen molar-refractivity contribution in [1.82, 2.24) is 4.90 Å². The van der Waals surface area contributed by atoms with Gasteiger partial charge in [0.05, 0.1) is 4.92 Å². The fourth-order valence-electron chi connectivity index (χ4n) is 2.66. The van der Waals surface area contributed by atoms with Gasteiger partial charge < -0.3 is 10.0 Å². The first-order valence-corrected chi connectivity index (χ1v) is 6.90. The Labute approximate surface area is 126 Å². The highest BCUT2D eigenvalue weighted by molar-refractivity contribution is 5.95. The van der Waals surface area contributed by atoms with E-state index < -0.39 is 16.4 Å². The minimum atomic E-state index is -0.680. The molecule has 3 rings (SSSR count). The van der Waals surface area contributed by atoms with E-state index in [1.165, 1.54) is 11.6 Å². The molecule has 22 heavy (non-hydrogen) atoms. The van der Waals surface area contributed by atoms with Crippen molar-refractivity contribution in [2.75, 3.05) is 6.54 Å². The quantitative estimate of drug-likeness (QED) is 0.682. The lowest BCUT2D eigenvalue weighted by molar-refractivity contribution is -0.385. The van der Waals surface area contributed by atoms with Crippen LogP contribution in [-0.2, 0) is 13.0 Å². The zero-order valence-corrected chi connectivity index (χ0v) is 11.7. The summed E-state index contributed by atoms with van der Waals surface area (Å²) in [7, 11) is 0. The molecule has 1 aliphatic rings. The van der Waals surface area contributed by atoms with Crippen LogP contribution in [0.1, 0.15) is 21.5 Å². The van der Waals surface area contributed by atoms with Gasteiger partial charge in [-0.2, -0.15) is 0 Å². The Hall–Kier alpha value is -2.89. The Kier molecular flexibility index (Phi) is 3.50. The number of benzene rings is 2. The van der Waals surface area contributed by atoms with Crippen LogP contribution in [0.15, 0.2) is 42.5 Å². The van der Waals surface area contributed by atoms with Crippen LogP contribution in [0.2, 0.25) is 0 Å². The Morgan fingerprint density at radius 3 is 2.59 bits per heavy atom. The summed E-state index contributed by atoms with van der Waals surface area (Å²) >= 11 is 0. The summed E-state index contributed by atoms with van der Waals surface area (Å²) in [5.74, 6) is -0.729. The molecule has 0 atom stereocenters. The highest BCUT2D eigenvalue weighted by Crippen LogP contribution is 2.28. The smallest absolute Gasteiger partial charge is 0.310 e. The number of hydrogen-bond donors (Lipinski definition) is 1. The van der Waals surface area contributed by atoms with E-state index >= 15 is 0 Å². The summed E-state index contributed by atoms with van der Waals surface area (Å²) in [5, 5.41) is 20.3. The minimum Gasteiger partial charge on any atom is -0.502 e. The maximum absolute atomic E-state index is 12.5. The van der Waals surface area contributed by atoms with Gasteiger partial charge in [-0.05, 0) is 29.7 Å². The van der Waals surface area contributed by atoms with Crippen molar-refractivity contribution in [3.05, 3.63) is 69.3 Å². The number of rotatable bonds is 2. The van der Waals surface area contributed by atoms with Crippen LogP contribution in [0, 0.1) is 10.1 Å². The van der Waals surface area contributed by atoms with Crippen LogP contribution in [0.25, 0.3) is 0 Å². The van der Waals surface area contributed by atoms with E-state index in [0.29, 0.717) is 13.1 Å². The molecule has 1 amide bonds. The predicted octanol–water partition coefficient (Wildman–Crippen LogP) is 2.50. The summed E-state index contributed by atoms with van der Waals surface area (Å²) < 4.78 is 0. The van der Waals surface area contributed by atoms with Gasteiger partial charge in [-0.3, -0.25) is 14.9 Å². The van der Waals surface area contributed by atoms with E-state index in [1.807, 2.05) is 18.2 Å². The maximum Gasteiger partial charge on any atom is 0.310 e. The average molecular weight is 298 g/mol. The van der Waals surface area contributed by atoms with Crippen LogP contribution in [0.3, 0.4) is 0 Å². The molecule has 0 saturated heterocycles. The van der Waals surface area contributed by atoms with E-state index in [-0.39, 0.29) is 11.5 Å². The van der Waals surface area contributed by atoms with Gasteiger partial charge in [0.15, 0.2) is 5.75 Å². The van der Waals surface area contributed by atoms with Crippen molar-refractivity contribution in [1.29, 1.82) is 0 Å². The zero-order chi connectivity index (χ0) is 15.7. The molecule has 6 nitrogen and oxygen atoms in total. The van der Waals surface area contributed by atoms with Crippen LogP contribution >= 0.6 is 0 Å². The molecule has 1 aliphatic heterocycles. The molecule has 0 radical (unpaired) electrons. The second-order valence-corrected chi connectivity index (χ2v) is 5.21. The van der Waals surface area contributed by atoms with Gasteiger partial charge in [0.2, 0.25) is 0 Å². The van der Waals surface area contributed by atoms with Gasteiger partial charge in [-0.15, -0.1) is 0 Å². The van der Waals surface area contributed by atoms with Gasteiger partial charge >= 0.3 is 5.69 Å². The molecule has 0 aliphatic carbocycles. The largest absolute Gasteiger partial charge is 0.502 e. The molecular formula is C16H14N2O4. The summed E-state index contributed by atoms with van der Waals surface area (Å²) in [6.07, 6.45) is 0.779. The fraction of sp³-hybridized carbons (Fsp3) is 0.188. The molecule has 0 aromatic heterocycles. The number of amides is 1. The topological polar surface area (TPSA) is 83.7 Å². The third-order valence-corrected chi connectivity index (χ3v) is 3.84. The normalized spacial score (nSPS) is 13.5. The number of nitrogens with zero attached hydrogens (tertiary/aromatic N) is 2. The summed E-state index contributed by atoms with van der Waals surface area (Å²) in [5.41, 5.74) is 2.19. The number of nitro groups is 1. The van der Waals surface area contributed by atoms with Crippen molar-refractivity contribution in [3.63, 3.8) is 0 Å². The van der Waals surface area contributed by atoms with E-state index in [0.717, 1.165) is 24.1 Å². The molecule has 0 spiro atoms. The lowest BCUT2D eigenvalue weighted by Gasteiger charge is -2.29. The standard InChI is InChI=1S/C16H14N2O4/c19-15-9-12(5-6-14(15)18(21)22)16(20)17-8-7-11-3-1-2-4-13(11)10-17/h1-6,9,19H,7-8,10H2. The monoisotopic (exact) mass is 298 g/mol. The van der Waals surface area contributed by atoms with E-state index in [4.69, 9.17) is 0 Å². The highest BCUT2D eigenvalue weighted by atomic mass is 16.6. The third kappa shape index (κ3) is 2.50. The summed E-state index contributed by atoms with van der Waals surface area (Å²) in [4.78, 5) is 24.2. The molecule has 0 saturated carbocycles. The second kappa shape index (κ2) is 5.48. The first kappa shape index (κ1) is 14.1. The van der Waals surface area contributed by atoms with Crippen LogP contribution in [-0.4, -0.2) is 27.4 Å². The molecule has 0 bridgehead atoms. The number of hydrogen-bond acceptors (Lipinski definition) is 4. The molecule has 6 heteroatoms. The third-order valence-electron chi connectivity index (χ3n) is 3.84. The summed E-state index contributed by atoms with van der Waals surface area (Å²) in [6, 6.07) is 11.6. The Morgan fingerprint density at radius 1 is 1.18 bits per heavy atom. The first-order chi connectivity index (χ1) is 10.6. The predicted molar refractivity (Wildman–Crippen MR) is 79.6 cm³/mol. The molecule has 1 N–H and O–H groups in total. The van der Waals surface area contributed by atoms with Crippen LogP contribution in [0.5, 0.6) is 5.75 Å². The molecule has 112 valence electrons. The fourth-order valence-corrected chi connectivity index (χ4v) is 2.66. The van der Waals surface area contributed by atoms with Crippen molar-refractivity contribution >= 4 is 11.6 Å². The van der Waals surface area contributed by atoms with Crippen LogP contribution < -0.4 is 0 Å². The number of nitro benzene ring substituents is 1. The van der Waals surface area contributed by atoms with Crippen molar-refractivity contribution in [2.24, 2.45) is 0 Å². The van der Waals surface area contributed by atoms with Gasteiger partial charge in [-0.25, -0.2) is 0 Å². The Balaban J connectivity index is 1.83. The minimum absolute atomic E-state index is 0.236. The average Bonchev–Trinajstić information content (AvgIpc) is 2.53. The molecule has 2 aromatic rings. The number of phenolic OH excluding ortho intramolecular Hbond substituents is 1. The van der Waals surface area contributed by atoms with Gasteiger partial charge in [0.25, 0.3) is 5.91 Å². The van der Waals surface area contributed by atoms with E-state index in [2.05, 4.69) is 6.07 Å². The number of phenols is 1. The van der Waals surface area contributed by atoms with E-state index in [1.54, 1.807) is 4.90 Å². The Bertz CT molecular complexity index is 758. The number of carbonyl (C=O) groups excluding carboxylic acids is 1. The molecule has 0 unspecified atom stereocenters. The number of fused-ring (bicyclic) bond motifs is 1. The lowest BCUT2D eigenvalue weighted by Crippen LogP contribution is -2.35. The number of carbonyl (C=O) groups is 1. The summed E-state index contributed by atoms with van der Waals surface area (Å²) in [6.45, 7) is 1.10. The number of aromatic hydroxyl groups is 1. The van der Waals surface area contributed by atoms with E-state index in [9.17, 15) is 20.0 Å². The van der Waals surface area contributed by atoms with Crippen molar-refractivity contribution < 1.29 is 14.8 Å². The molecule has 2 aromatic carbocycles. The van der Waals surface area contributed by atoms with Gasteiger partial charge in [0.1, 0.15) is 0 Å². The SMILES string of the molecule is O=C(c1ccc([N+](=O)[O-])c(O)c1)N1CCc2ccccc2C1. The highest BCUT2D eigenvalue weighted by Gasteiger charge is 2.23. The lowest BCUT2D eigenvalue weighted by atomic mass is 9.99. The Morgan fingerprint density at radius 2 is 1.91 bits per heavy atom. The molecular weight excluding hydrogens is 284 g/mol. The van der Waals surface area contributed by atoms with Gasteiger partial charge in [-0.1, -0.05) is 24.3 Å². The zero-order valence-electron chi connectivity index (χ0n) is 11.7. The maximum atomic E-state index is 12.5. The second-order valence-electron chi connectivity index (χ2n) is 5.21. The molecule has 0 fully saturated rings. The first-order valence-electron chi connectivity index (χ1n) is 6.90.